The molecule has 2 aromatic rings. The number of nitrogens with zero attached hydrogens (tertiary/aromatic N) is 5. The van der Waals surface area contributed by atoms with E-state index in [9.17, 15) is 10.1 Å². The fourth-order valence-corrected chi connectivity index (χ4v) is 3.15. The number of aryl methyl sites for hydroxylation is 2. The first-order valence-corrected chi connectivity index (χ1v) is 8.55. The molecule has 0 bridgehead atoms. The number of ketones is 1. The maximum absolute atomic E-state index is 12.9. The molecule has 2 heterocycles. The number of aromatic nitrogens is 4. The Morgan fingerprint density at radius 2 is 1.56 bits per heavy atom. The second-order valence-electron chi connectivity index (χ2n) is 6.05. The van der Waals surface area contributed by atoms with Gasteiger partial charge in [-0.15, -0.1) is 0 Å². The van der Waals surface area contributed by atoms with Gasteiger partial charge in [-0.1, -0.05) is 0 Å². The van der Waals surface area contributed by atoms with Crippen LogP contribution < -0.4 is 0 Å². The summed E-state index contributed by atoms with van der Waals surface area (Å²) in [5, 5.41) is 17.9. The highest BCUT2D eigenvalue weighted by Crippen LogP contribution is 2.32. The molecule has 0 amide bonds. The van der Waals surface area contributed by atoms with E-state index in [2.05, 4.69) is 16.3 Å². The van der Waals surface area contributed by atoms with Crippen LogP contribution in [0.1, 0.15) is 38.1 Å². The van der Waals surface area contributed by atoms with Crippen molar-refractivity contribution in [3.05, 3.63) is 47.1 Å². The molecular weight excluding hydrogens is 314 g/mol. The zero-order valence-electron chi connectivity index (χ0n) is 14.5. The minimum atomic E-state index is -0.189. The van der Waals surface area contributed by atoms with Crippen LogP contribution in [0.5, 0.6) is 0 Å². The summed E-state index contributed by atoms with van der Waals surface area (Å²) in [7, 11) is 0. The summed E-state index contributed by atoms with van der Waals surface area (Å²) in [5.41, 5.74) is 3.12. The number of rotatable bonds is 4. The van der Waals surface area contributed by atoms with Gasteiger partial charge in [0.05, 0.1) is 23.4 Å². The molecule has 0 aromatic carbocycles. The van der Waals surface area contributed by atoms with Crippen LogP contribution in [0.25, 0.3) is 12.2 Å². The van der Waals surface area contributed by atoms with Crippen LogP contribution in [0.4, 0.5) is 0 Å². The van der Waals surface area contributed by atoms with Gasteiger partial charge in [-0.2, -0.15) is 15.5 Å². The fourth-order valence-electron chi connectivity index (χ4n) is 3.15. The summed E-state index contributed by atoms with van der Waals surface area (Å²) < 4.78 is 3.68. The average molecular weight is 335 g/mol. The average Bonchev–Trinajstić information content (AvgIpc) is 3.26. The molecule has 0 N–H and O–H groups in total. The molecule has 25 heavy (non-hydrogen) atoms. The van der Waals surface area contributed by atoms with Gasteiger partial charge in [0.25, 0.3) is 0 Å². The molecule has 2 aromatic heterocycles. The van der Waals surface area contributed by atoms with E-state index in [4.69, 9.17) is 0 Å². The molecule has 0 spiro atoms. The second-order valence-corrected chi connectivity index (χ2v) is 6.05. The van der Waals surface area contributed by atoms with Crippen molar-refractivity contribution in [3.63, 3.8) is 0 Å². The van der Waals surface area contributed by atoms with Gasteiger partial charge in [0.1, 0.15) is 0 Å². The topological polar surface area (TPSA) is 76.5 Å². The van der Waals surface area contributed by atoms with Crippen molar-refractivity contribution in [1.82, 2.24) is 19.6 Å². The SMILES string of the molecule is CCn1nccc1/C=C1\CC(C#N)C/C(=C\c2ccnn2CC)C1=O. The van der Waals surface area contributed by atoms with E-state index in [-0.39, 0.29) is 11.7 Å². The molecule has 0 atom stereocenters. The minimum Gasteiger partial charge on any atom is -0.289 e. The van der Waals surface area contributed by atoms with E-state index in [0.29, 0.717) is 24.0 Å². The highest BCUT2D eigenvalue weighted by atomic mass is 16.1. The molecular formula is C19H21N5O. The number of hydrogen-bond acceptors (Lipinski definition) is 4. The first-order chi connectivity index (χ1) is 12.2. The number of nitriles is 1. The predicted octanol–water partition coefficient (Wildman–Crippen LogP) is 3.09. The second kappa shape index (κ2) is 7.31. The molecule has 3 rings (SSSR count). The Hall–Kier alpha value is -2.94. The van der Waals surface area contributed by atoms with Crippen molar-refractivity contribution in [3.8, 4) is 6.07 Å². The third-order valence-corrected chi connectivity index (χ3v) is 4.44. The maximum atomic E-state index is 12.9. The Morgan fingerprint density at radius 3 is 1.96 bits per heavy atom. The molecule has 1 saturated carbocycles. The van der Waals surface area contributed by atoms with E-state index in [1.807, 2.05) is 47.5 Å². The van der Waals surface area contributed by atoms with Gasteiger partial charge < -0.3 is 0 Å². The van der Waals surface area contributed by atoms with Crippen molar-refractivity contribution in [2.24, 2.45) is 5.92 Å². The number of allylic oxidation sites excluding steroid dienone is 2. The van der Waals surface area contributed by atoms with Gasteiger partial charge in [-0.25, -0.2) is 0 Å². The molecule has 0 aliphatic heterocycles. The molecule has 1 fully saturated rings. The van der Waals surface area contributed by atoms with E-state index in [1.165, 1.54) is 0 Å². The third-order valence-electron chi connectivity index (χ3n) is 4.44. The number of carbonyl (C=O) groups excluding carboxylic acids is 1. The van der Waals surface area contributed by atoms with E-state index >= 15 is 0 Å². The van der Waals surface area contributed by atoms with Crippen LogP contribution in [0.3, 0.4) is 0 Å². The van der Waals surface area contributed by atoms with Gasteiger partial charge in [-0.3, -0.25) is 14.2 Å². The van der Waals surface area contributed by atoms with Gasteiger partial charge in [0.15, 0.2) is 5.78 Å². The smallest absolute Gasteiger partial charge is 0.185 e. The Morgan fingerprint density at radius 1 is 1.08 bits per heavy atom. The van der Waals surface area contributed by atoms with Crippen LogP contribution in [-0.2, 0) is 17.9 Å². The normalized spacial score (nSPS) is 21.0. The number of hydrogen-bond donors (Lipinski definition) is 0. The van der Waals surface area contributed by atoms with Gasteiger partial charge in [-0.05, 0) is 51.0 Å². The Bertz CT molecular complexity index is 814. The molecule has 128 valence electrons. The molecule has 0 saturated heterocycles. The zero-order chi connectivity index (χ0) is 17.8. The lowest BCUT2D eigenvalue weighted by atomic mass is 9.81. The maximum Gasteiger partial charge on any atom is 0.185 e. The fraction of sp³-hybridized carbons (Fsp3) is 0.368. The Balaban J connectivity index is 1.98. The number of Topliss-reactive ketones (excluding diaryl/α,β-unsaturated/α-hetero) is 1. The van der Waals surface area contributed by atoms with Gasteiger partial charge in [0.2, 0.25) is 0 Å². The molecule has 0 radical (unpaired) electrons. The van der Waals surface area contributed by atoms with Crippen LogP contribution >= 0.6 is 0 Å². The molecule has 0 unspecified atom stereocenters. The molecule has 1 aliphatic carbocycles. The molecule has 6 nitrogen and oxygen atoms in total. The van der Waals surface area contributed by atoms with E-state index in [0.717, 1.165) is 24.5 Å². The van der Waals surface area contributed by atoms with Gasteiger partial charge >= 0.3 is 0 Å². The number of carbonyl (C=O) groups is 1. The Labute approximate surface area is 147 Å². The standard InChI is InChI=1S/C19H21N5O/c1-3-23-17(5-7-21-23)11-15-9-14(13-20)10-16(19(15)25)12-18-6-8-22-24(18)4-2/h5-8,11-12,14H,3-4,9-10H2,1-2H3/b15-11+,16-12+. The Kier molecular flexibility index (Phi) is 4.94. The predicted molar refractivity (Wildman–Crippen MR) is 95.1 cm³/mol. The summed E-state index contributed by atoms with van der Waals surface area (Å²) in [6, 6.07) is 6.09. The molecule has 6 heteroatoms. The first-order valence-electron chi connectivity index (χ1n) is 8.55. The zero-order valence-corrected chi connectivity index (χ0v) is 14.5. The van der Waals surface area contributed by atoms with Crippen molar-refractivity contribution in [2.45, 2.75) is 39.8 Å². The first kappa shape index (κ1) is 16.9. The quantitative estimate of drug-likeness (QED) is 0.805. The summed E-state index contributed by atoms with van der Waals surface area (Å²) in [5.74, 6) is -0.176. The van der Waals surface area contributed by atoms with Gasteiger partial charge in [0, 0.05) is 36.6 Å². The van der Waals surface area contributed by atoms with Crippen LogP contribution in [-0.4, -0.2) is 25.3 Å². The van der Waals surface area contributed by atoms with Crippen molar-refractivity contribution < 1.29 is 4.79 Å². The summed E-state index contributed by atoms with van der Waals surface area (Å²) in [6.07, 6.45) is 8.15. The lowest BCUT2D eigenvalue weighted by molar-refractivity contribution is -0.113. The summed E-state index contributed by atoms with van der Waals surface area (Å²) in [6.45, 7) is 5.49. The molecule has 1 aliphatic rings. The van der Waals surface area contributed by atoms with Crippen LogP contribution in [0, 0.1) is 17.2 Å². The summed E-state index contributed by atoms with van der Waals surface area (Å²) in [4.78, 5) is 12.9. The van der Waals surface area contributed by atoms with E-state index < -0.39 is 0 Å². The lowest BCUT2D eigenvalue weighted by Crippen LogP contribution is -2.19. The highest BCUT2D eigenvalue weighted by Gasteiger charge is 2.28. The minimum absolute atomic E-state index is 0.0132. The lowest BCUT2D eigenvalue weighted by Gasteiger charge is -2.21. The largest absolute Gasteiger partial charge is 0.289 e. The monoisotopic (exact) mass is 335 g/mol. The summed E-state index contributed by atoms with van der Waals surface area (Å²) >= 11 is 0. The van der Waals surface area contributed by atoms with Crippen molar-refractivity contribution in [2.75, 3.05) is 0 Å². The van der Waals surface area contributed by atoms with Crippen molar-refractivity contribution in [1.29, 1.82) is 5.26 Å². The third kappa shape index (κ3) is 3.45. The van der Waals surface area contributed by atoms with Crippen LogP contribution in [0.15, 0.2) is 35.7 Å². The highest BCUT2D eigenvalue weighted by molar-refractivity contribution is 6.14. The van der Waals surface area contributed by atoms with Crippen LogP contribution in [0.2, 0.25) is 0 Å². The van der Waals surface area contributed by atoms with E-state index in [1.54, 1.807) is 12.4 Å². The van der Waals surface area contributed by atoms with Crippen molar-refractivity contribution >= 4 is 17.9 Å².